The van der Waals surface area contributed by atoms with Crippen LogP contribution < -0.4 is 10.4 Å². The molecule has 0 radical (unpaired) electrons. The van der Waals surface area contributed by atoms with E-state index in [9.17, 15) is 4.21 Å². The summed E-state index contributed by atoms with van der Waals surface area (Å²) in [6.07, 6.45) is 3.12. The van der Waals surface area contributed by atoms with Gasteiger partial charge in [0, 0.05) is 19.2 Å². The molecule has 0 saturated carbocycles. The number of benzene rings is 3. The molecule has 5 heteroatoms. The number of rotatable bonds is 8. The van der Waals surface area contributed by atoms with Crippen molar-refractivity contribution in [3.63, 3.8) is 0 Å². The van der Waals surface area contributed by atoms with Crippen LogP contribution in [0.15, 0.2) is 96.6 Å². The molecular formula is C34H45NO2SSi. The molecule has 1 unspecified atom stereocenters. The molecular weight excluding hydrogens is 515 g/mol. The lowest BCUT2D eigenvalue weighted by atomic mass is 9.95. The third-order valence-electron chi connectivity index (χ3n) is 7.75. The summed E-state index contributed by atoms with van der Waals surface area (Å²) < 4.78 is 22.9. The van der Waals surface area contributed by atoms with Crippen molar-refractivity contribution in [1.82, 2.24) is 4.31 Å². The zero-order valence-electron chi connectivity index (χ0n) is 24.7. The van der Waals surface area contributed by atoms with Crippen LogP contribution in [0.4, 0.5) is 0 Å². The maximum atomic E-state index is 13.8. The summed E-state index contributed by atoms with van der Waals surface area (Å²) in [7, 11) is -3.74. The van der Waals surface area contributed by atoms with Crippen LogP contribution in [-0.2, 0) is 15.4 Å². The highest BCUT2D eigenvalue weighted by Gasteiger charge is 2.50. The molecule has 0 aromatic heterocycles. The molecule has 3 aromatic carbocycles. The lowest BCUT2D eigenvalue weighted by Gasteiger charge is -2.43. The number of hydrogen-bond donors (Lipinski definition) is 0. The summed E-state index contributed by atoms with van der Waals surface area (Å²) in [6.45, 7) is 16.8. The van der Waals surface area contributed by atoms with Crippen molar-refractivity contribution in [2.45, 2.75) is 70.7 Å². The first-order valence-electron chi connectivity index (χ1n) is 14.2. The van der Waals surface area contributed by atoms with Crippen LogP contribution in [0.25, 0.3) is 6.08 Å². The molecule has 39 heavy (non-hydrogen) atoms. The average Bonchev–Trinajstić information content (AvgIpc) is 3.21. The van der Waals surface area contributed by atoms with E-state index < -0.39 is 19.3 Å². The predicted molar refractivity (Wildman–Crippen MR) is 170 cm³/mol. The first kappa shape index (κ1) is 29.7. The summed E-state index contributed by atoms with van der Waals surface area (Å²) in [4.78, 5) is 0. The Labute approximate surface area is 240 Å². The second kappa shape index (κ2) is 12.1. The number of nitrogens with zero attached hydrogens (tertiary/aromatic N) is 1. The van der Waals surface area contributed by atoms with Crippen LogP contribution >= 0.6 is 0 Å². The lowest BCUT2D eigenvalue weighted by Crippen LogP contribution is -2.66. The van der Waals surface area contributed by atoms with Gasteiger partial charge in [-0.2, -0.15) is 0 Å². The van der Waals surface area contributed by atoms with E-state index in [4.69, 9.17) is 4.43 Å². The third kappa shape index (κ3) is 6.38. The lowest BCUT2D eigenvalue weighted by molar-refractivity contribution is 0.263. The van der Waals surface area contributed by atoms with E-state index in [-0.39, 0.29) is 15.8 Å². The van der Waals surface area contributed by atoms with Crippen molar-refractivity contribution >= 4 is 35.8 Å². The van der Waals surface area contributed by atoms with Gasteiger partial charge >= 0.3 is 0 Å². The van der Waals surface area contributed by atoms with Gasteiger partial charge in [-0.3, -0.25) is 0 Å². The van der Waals surface area contributed by atoms with Gasteiger partial charge in [-0.1, -0.05) is 125 Å². The van der Waals surface area contributed by atoms with Crippen LogP contribution in [0.1, 0.15) is 60.5 Å². The minimum atomic E-state index is -2.63. The van der Waals surface area contributed by atoms with Crippen molar-refractivity contribution < 1.29 is 8.63 Å². The summed E-state index contributed by atoms with van der Waals surface area (Å²) in [5.41, 5.74) is 2.55. The summed E-state index contributed by atoms with van der Waals surface area (Å²) in [5, 5.41) is 2.51. The summed E-state index contributed by atoms with van der Waals surface area (Å²) >= 11 is 0. The fourth-order valence-corrected chi connectivity index (χ4v) is 12.0. The van der Waals surface area contributed by atoms with Gasteiger partial charge in [0.05, 0.1) is 4.75 Å². The highest BCUT2D eigenvalue weighted by Crippen LogP contribution is 2.39. The standard InChI is InChI=1S/C34H45NO2SSi/c1-27-26-35(38(36)33(2,3)4)32(31(27)25-28-17-11-8-12-18-28)23-24-37-39(34(5,6)7,29-19-13-9-14-20-29)30-21-15-10-16-22-30/h8-22,25,27,32H,23-24,26H2,1-7H3/b31-25-/t27?,32-,38-/m1/s1. The molecule has 1 aliphatic heterocycles. The van der Waals surface area contributed by atoms with E-state index in [1.165, 1.54) is 21.5 Å². The van der Waals surface area contributed by atoms with Crippen LogP contribution in [0, 0.1) is 5.92 Å². The van der Waals surface area contributed by atoms with Crippen LogP contribution in [0.5, 0.6) is 0 Å². The molecule has 0 amide bonds. The van der Waals surface area contributed by atoms with Gasteiger partial charge in [0.1, 0.15) is 11.0 Å². The summed E-state index contributed by atoms with van der Waals surface area (Å²) in [6, 6.07) is 32.2. The van der Waals surface area contributed by atoms with Crippen molar-refractivity contribution in [2.75, 3.05) is 13.2 Å². The molecule has 1 aliphatic rings. The van der Waals surface area contributed by atoms with E-state index in [0.717, 1.165) is 13.0 Å². The maximum Gasteiger partial charge on any atom is 0.261 e. The van der Waals surface area contributed by atoms with E-state index in [0.29, 0.717) is 12.5 Å². The average molecular weight is 560 g/mol. The first-order valence-corrected chi connectivity index (χ1v) is 17.2. The SMILES string of the molecule is CC1CN([S@](=O)C(C)(C)C)[C@H](CCO[Si](c2ccccc2)(c2ccccc2)C(C)(C)C)/C1=C\c1ccccc1. The molecule has 0 bridgehead atoms. The van der Waals surface area contributed by atoms with Crippen LogP contribution in [0.2, 0.25) is 5.04 Å². The molecule has 3 aromatic rings. The molecule has 1 saturated heterocycles. The second-order valence-corrected chi connectivity index (χ2v) is 19.2. The van der Waals surface area contributed by atoms with Gasteiger partial charge in [0.2, 0.25) is 0 Å². The van der Waals surface area contributed by atoms with Crippen molar-refractivity contribution in [3.05, 3.63) is 102 Å². The topological polar surface area (TPSA) is 29.5 Å². The third-order valence-corrected chi connectivity index (χ3v) is 14.7. The fraction of sp³-hybridized carbons (Fsp3) is 0.412. The Morgan fingerprint density at radius 1 is 0.846 bits per heavy atom. The molecule has 1 heterocycles. The molecule has 3 nitrogen and oxygen atoms in total. The van der Waals surface area contributed by atoms with Gasteiger partial charge in [-0.15, -0.1) is 0 Å². The molecule has 4 rings (SSSR count). The fourth-order valence-electron chi connectivity index (χ4n) is 5.91. The van der Waals surface area contributed by atoms with Crippen LogP contribution in [-0.4, -0.2) is 40.8 Å². The smallest absolute Gasteiger partial charge is 0.261 e. The minimum absolute atomic E-state index is 0.0680. The van der Waals surface area contributed by atoms with Crippen LogP contribution in [0.3, 0.4) is 0 Å². The van der Waals surface area contributed by atoms with E-state index in [2.05, 4.69) is 150 Å². The Hall–Kier alpha value is -2.31. The van der Waals surface area contributed by atoms with Gasteiger partial charge < -0.3 is 4.43 Å². The Morgan fingerprint density at radius 3 is 1.79 bits per heavy atom. The molecule has 0 spiro atoms. The molecule has 0 N–H and O–H groups in total. The molecule has 0 aliphatic carbocycles. The predicted octanol–water partition coefficient (Wildman–Crippen LogP) is 6.82. The monoisotopic (exact) mass is 559 g/mol. The Bertz CT molecular complexity index is 1220. The largest absolute Gasteiger partial charge is 0.407 e. The van der Waals surface area contributed by atoms with Gasteiger partial charge in [-0.25, -0.2) is 8.51 Å². The van der Waals surface area contributed by atoms with Crippen molar-refractivity contribution in [1.29, 1.82) is 0 Å². The normalized spacial score (nSPS) is 20.8. The molecule has 3 atom stereocenters. The Kier molecular flexibility index (Phi) is 9.17. The Morgan fingerprint density at radius 2 is 1.33 bits per heavy atom. The zero-order valence-corrected chi connectivity index (χ0v) is 26.5. The zero-order chi connectivity index (χ0) is 28.3. The molecule has 208 valence electrons. The van der Waals surface area contributed by atoms with Gasteiger partial charge in [-0.05, 0) is 59.7 Å². The highest BCUT2D eigenvalue weighted by atomic mass is 32.2. The van der Waals surface area contributed by atoms with E-state index in [1.807, 2.05) is 0 Å². The highest BCUT2D eigenvalue weighted by molar-refractivity contribution is 7.84. The minimum Gasteiger partial charge on any atom is -0.407 e. The van der Waals surface area contributed by atoms with E-state index in [1.54, 1.807) is 0 Å². The van der Waals surface area contributed by atoms with Gasteiger partial charge in [0.15, 0.2) is 0 Å². The Balaban J connectivity index is 1.71. The quantitative estimate of drug-likeness (QED) is 0.284. The second-order valence-electron chi connectivity index (χ2n) is 12.7. The summed E-state index contributed by atoms with van der Waals surface area (Å²) in [5.74, 6) is 0.328. The first-order chi connectivity index (χ1) is 18.4. The van der Waals surface area contributed by atoms with Crippen molar-refractivity contribution in [2.24, 2.45) is 5.92 Å². The van der Waals surface area contributed by atoms with Gasteiger partial charge in [0.25, 0.3) is 8.32 Å². The maximum absolute atomic E-state index is 13.8. The van der Waals surface area contributed by atoms with Crippen molar-refractivity contribution in [3.8, 4) is 0 Å². The number of hydrogen-bond acceptors (Lipinski definition) is 2. The van der Waals surface area contributed by atoms with E-state index >= 15 is 0 Å². The molecule has 1 fully saturated rings.